The van der Waals surface area contributed by atoms with Crippen molar-refractivity contribution in [3.63, 3.8) is 0 Å². The van der Waals surface area contributed by atoms with Crippen LogP contribution in [0.3, 0.4) is 0 Å². The summed E-state index contributed by atoms with van der Waals surface area (Å²) in [6.45, 7) is 21.0. The number of alkyl carbamates (subject to hydrolysis) is 1. The molecule has 192 valence electrons. The molecular weight excluding hydrogens is 430 g/mol. The number of nitrogens with zero attached hydrogens (tertiary/aromatic N) is 1. The highest BCUT2D eigenvalue weighted by molar-refractivity contribution is 5.92. The fourth-order valence-electron chi connectivity index (χ4n) is 3.71. The second kappa shape index (κ2) is 11.7. The fourth-order valence-corrected chi connectivity index (χ4v) is 3.71. The van der Waals surface area contributed by atoms with E-state index >= 15 is 0 Å². The minimum absolute atomic E-state index is 0.154. The maximum Gasteiger partial charge on any atom is 0.408 e. The Bertz CT molecular complexity index is 868. The van der Waals surface area contributed by atoms with Crippen LogP contribution in [0.1, 0.15) is 91.5 Å². The molecule has 7 nitrogen and oxygen atoms in total. The molecule has 7 heteroatoms. The van der Waals surface area contributed by atoms with Crippen molar-refractivity contribution in [2.75, 3.05) is 6.54 Å². The van der Waals surface area contributed by atoms with E-state index in [1.165, 1.54) is 0 Å². The van der Waals surface area contributed by atoms with Crippen molar-refractivity contribution < 1.29 is 19.1 Å². The number of carbonyl (C=O) groups excluding carboxylic acids is 3. The predicted octanol–water partition coefficient (Wildman–Crippen LogP) is 5.05. The van der Waals surface area contributed by atoms with Crippen LogP contribution in [-0.4, -0.2) is 46.5 Å². The highest BCUT2D eigenvalue weighted by Gasteiger charge is 2.38. The summed E-state index contributed by atoms with van der Waals surface area (Å²) in [6, 6.07) is 4.25. The molecule has 2 N–H and O–H groups in total. The summed E-state index contributed by atoms with van der Waals surface area (Å²) in [5.41, 5.74) is 1.54. The lowest BCUT2D eigenvalue weighted by Crippen LogP contribution is -2.56. The van der Waals surface area contributed by atoms with E-state index in [0.29, 0.717) is 13.0 Å². The van der Waals surface area contributed by atoms with Crippen LogP contribution in [0.2, 0.25) is 0 Å². The van der Waals surface area contributed by atoms with Crippen LogP contribution in [0, 0.1) is 19.8 Å². The number of nitrogens with one attached hydrogen (secondary N) is 2. The third kappa shape index (κ3) is 8.65. The van der Waals surface area contributed by atoms with Crippen LogP contribution in [0.4, 0.5) is 4.79 Å². The highest BCUT2D eigenvalue weighted by atomic mass is 16.6. The number of amides is 3. The Kier molecular flexibility index (Phi) is 10.2. The molecule has 0 aliphatic rings. The van der Waals surface area contributed by atoms with E-state index in [4.69, 9.17) is 4.74 Å². The van der Waals surface area contributed by atoms with E-state index in [2.05, 4.69) is 10.6 Å². The zero-order chi connectivity index (χ0) is 26.4. The van der Waals surface area contributed by atoms with E-state index < -0.39 is 29.3 Å². The van der Waals surface area contributed by atoms with E-state index in [0.717, 1.165) is 16.7 Å². The zero-order valence-corrected chi connectivity index (χ0v) is 23.0. The summed E-state index contributed by atoms with van der Waals surface area (Å²) < 4.78 is 5.42. The van der Waals surface area contributed by atoms with Crippen LogP contribution in [-0.2, 0) is 14.3 Å². The molecule has 0 bridgehead atoms. The van der Waals surface area contributed by atoms with Crippen molar-refractivity contribution in [1.82, 2.24) is 15.5 Å². The number of likely N-dealkylation sites (N-methyl/N-ethyl adjacent to an activating group) is 1. The van der Waals surface area contributed by atoms with Crippen molar-refractivity contribution in [2.24, 2.45) is 5.92 Å². The molecule has 0 radical (unpaired) electrons. The number of rotatable bonds is 8. The zero-order valence-electron chi connectivity index (χ0n) is 23.0. The Morgan fingerprint density at radius 2 is 1.62 bits per heavy atom. The van der Waals surface area contributed by atoms with Gasteiger partial charge >= 0.3 is 6.09 Å². The van der Waals surface area contributed by atoms with Gasteiger partial charge in [0, 0.05) is 12.1 Å². The monoisotopic (exact) mass is 475 g/mol. The average Bonchev–Trinajstić information content (AvgIpc) is 2.68. The Morgan fingerprint density at radius 3 is 2.09 bits per heavy atom. The van der Waals surface area contributed by atoms with Gasteiger partial charge in [-0.25, -0.2) is 4.79 Å². The Morgan fingerprint density at radius 1 is 1.03 bits per heavy atom. The van der Waals surface area contributed by atoms with Gasteiger partial charge in [0.25, 0.3) is 0 Å². The molecule has 0 aliphatic carbocycles. The van der Waals surface area contributed by atoms with Crippen LogP contribution >= 0.6 is 0 Å². The maximum absolute atomic E-state index is 13.9. The van der Waals surface area contributed by atoms with Gasteiger partial charge in [0.05, 0.1) is 0 Å². The lowest BCUT2D eigenvalue weighted by molar-refractivity contribution is -0.143. The lowest BCUT2D eigenvalue weighted by Gasteiger charge is -2.37. The quantitative estimate of drug-likeness (QED) is 0.551. The molecule has 3 amide bonds. The molecule has 0 saturated carbocycles. The molecule has 0 saturated heterocycles. The lowest BCUT2D eigenvalue weighted by atomic mass is 9.93. The number of carbonyl (C=O) groups is 3. The number of benzene rings is 1. The molecule has 0 spiro atoms. The molecule has 3 unspecified atom stereocenters. The van der Waals surface area contributed by atoms with Gasteiger partial charge in [-0.05, 0) is 79.4 Å². The van der Waals surface area contributed by atoms with E-state index in [-0.39, 0.29) is 17.7 Å². The van der Waals surface area contributed by atoms with Gasteiger partial charge in [0.1, 0.15) is 17.7 Å². The summed E-state index contributed by atoms with van der Waals surface area (Å²) in [7, 11) is 0. The van der Waals surface area contributed by atoms with Gasteiger partial charge in [-0.2, -0.15) is 0 Å². The summed E-state index contributed by atoms with van der Waals surface area (Å²) in [5.74, 6) is -0.715. The SMILES string of the molecule is CCC(C)C(NC(=O)OC(C)(C)C)C(=O)N(CC)C(C(=O)NC(C)(C)C)c1cc(C)ccc1C. The second-order valence-electron chi connectivity index (χ2n) is 11.1. The maximum atomic E-state index is 13.9. The van der Waals surface area contributed by atoms with Gasteiger partial charge in [-0.1, -0.05) is 44.0 Å². The van der Waals surface area contributed by atoms with Crippen molar-refractivity contribution in [2.45, 2.75) is 106 Å². The topological polar surface area (TPSA) is 87.7 Å². The summed E-state index contributed by atoms with van der Waals surface area (Å²) in [6.07, 6.45) is 0.0242. The summed E-state index contributed by atoms with van der Waals surface area (Å²) >= 11 is 0. The second-order valence-corrected chi connectivity index (χ2v) is 11.1. The minimum atomic E-state index is -0.830. The van der Waals surface area contributed by atoms with Crippen LogP contribution in [0.15, 0.2) is 18.2 Å². The normalized spacial score (nSPS) is 14.6. The average molecular weight is 476 g/mol. The van der Waals surface area contributed by atoms with Crippen LogP contribution < -0.4 is 10.6 Å². The van der Waals surface area contributed by atoms with Crippen LogP contribution in [0.25, 0.3) is 0 Å². The van der Waals surface area contributed by atoms with Crippen molar-refractivity contribution in [1.29, 1.82) is 0 Å². The van der Waals surface area contributed by atoms with Crippen molar-refractivity contribution in [3.8, 4) is 0 Å². The van der Waals surface area contributed by atoms with Gasteiger partial charge < -0.3 is 20.3 Å². The first kappa shape index (κ1) is 29.5. The van der Waals surface area contributed by atoms with Crippen molar-refractivity contribution >= 4 is 17.9 Å². The minimum Gasteiger partial charge on any atom is -0.444 e. The first-order valence-electron chi connectivity index (χ1n) is 12.2. The molecule has 0 fully saturated rings. The van der Waals surface area contributed by atoms with E-state index in [1.807, 2.05) is 73.6 Å². The van der Waals surface area contributed by atoms with E-state index in [1.54, 1.807) is 25.7 Å². The smallest absolute Gasteiger partial charge is 0.408 e. The first-order valence-corrected chi connectivity index (χ1v) is 12.2. The molecule has 1 aromatic rings. The third-order valence-corrected chi connectivity index (χ3v) is 5.56. The van der Waals surface area contributed by atoms with E-state index in [9.17, 15) is 14.4 Å². The number of aryl methyl sites for hydroxylation is 2. The van der Waals surface area contributed by atoms with Gasteiger partial charge in [0.15, 0.2) is 0 Å². The van der Waals surface area contributed by atoms with Gasteiger partial charge in [-0.3, -0.25) is 9.59 Å². The first-order chi connectivity index (χ1) is 15.5. The molecule has 0 heterocycles. The highest BCUT2D eigenvalue weighted by Crippen LogP contribution is 2.28. The third-order valence-electron chi connectivity index (χ3n) is 5.56. The number of ether oxygens (including phenoxy) is 1. The Labute approximate surface area is 206 Å². The Balaban J connectivity index is 3.51. The fraction of sp³-hybridized carbons (Fsp3) is 0.667. The number of hydrogen-bond donors (Lipinski definition) is 2. The molecule has 34 heavy (non-hydrogen) atoms. The summed E-state index contributed by atoms with van der Waals surface area (Å²) in [5, 5.41) is 5.82. The predicted molar refractivity (Wildman–Crippen MR) is 137 cm³/mol. The number of hydrogen-bond acceptors (Lipinski definition) is 4. The van der Waals surface area contributed by atoms with Gasteiger partial charge in [-0.15, -0.1) is 0 Å². The molecule has 0 aliphatic heterocycles. The van der Waals surface area contributed by atoms with Crippen molar-refractivity contribution in [3.05, 3.63) is 34.9 Å². The molecule has 3 atom stereocenters. The largest absolute Gasteiger partial charge is 0.444 e. The van der Waals surface area contributed by atoms with Gasteiger partial charge in [0.2, 0.25) is 11.8 Å². The summed E-state index contributed by atoms with van der Waals surface area (Å²) in [4.78, 5) is 41.7. The molecular formula is C27H45N3O4. The molecule has 1 rings (SSSR count). The molecule has 0 aromatic heterocycles. The standard InChI is InChI=1S/C27H45N3O4/c1-12-18(4)21(28-25(33)34-27(9,10)11)24(32)30(13-2)22(23(31)29-26(6,7)8)20-16-17(3)14-15-19(20)5/h14-16,18,21-22H,12-13H2,1-11H3,(H,28,33)(H,29,31). The molecule has 1 aromatic carbocycles. The Hall–Kier alpha value is -2.57. The van der Waals surface area contributed by atoms with Crippen LogP contribution in [0.5, 0.6) is 0 Å².